The molecule has 108 valence electrons. The molecule has 1 rings (SSSR count). The summed E-state index contributed by atoms with van der Waals surface area (Å²) in [5.74, 6) is 0.967. The molecule has 0 unspecified atom stereocenters. The Labute approximate surface area is 117 Å². The smallest absolute Gasteiger partial charge is 0.161 e. The third-order valence-electron chi connectivity index (χ3n) is 3.34. The van der Waals surface area contributed by atoms with E-state index in [9.17, 15) is 5.11 Å². The molecule has 0 aromatic heterocycles. The Morgan fingerprint density at radius 3 is 2.42 bits per heavy atom. The molecule has 0 radical (unpaired) electrons. The molecule has 0 amide bonds. The summed E-state index contributed by atoms with van der Waals surface area (Å²) in [6.07, 6.45) is 9.57. The van der Waals surface area contributed by atoms with Crippen LogP contribution in [-0.4, -0.2) is 11.7 Å². The van der Waals surface area contributed by atoms with Gasteiger partial charge in [-0.05, 0) is 30.9 Å². The van der Waals surface area contributed by atoms with Crippen molar-refractivity contribution in [2.75, 3.05) is 6.61 Å². The number of hydrogen-bond acceptors (Lipinski definition) is 2. The molecule has 1 aromatic rings. The van der Waals surface area contributed by atoms with Gasteiger partial charge in [-0.1, -0.05) is 58.1 Å². The van der Waals surface area contributed by atoms with Crippen LogP contribution < -0.4 is 4.74 Å². The fourth-order valence-electron chi connectivity index (χ4n) is 2.19. The number of benzene rings is 1. The molecule has 0 saturated heterocycles. The van der Waals surface area contributed by atoms with E-state index in [-0.39, 0.29) is 0 Å². The molecular formula is C17H28O2. The largest absolute Gasteiger partial charge is 0.504 e. The maximum atomic E-state index is 10.1. The Kier molecular flexibility index (Phi) is 8.11. The highest BCUT2D eigenvalue weighted by molar-refractivity contribution is 5.45. The van der Waals surface area contributed by atoms with E-state index in [0.717, 1.165) is 24.8 Å². The van der Waals surface area contributed by atoms with Gasteiger partial charge < -0.3 is 9.84 Å². The fraction of sp³-hybridized carbons (Fsp3) is 0.647. The lowest BCUT2D eigenvalue weighted by Gasteiger charge is -2.10. The van der Waals surface area contributed by atoms with Crippen LogP contribution in [-0.2, 0) is 6.42 Å². The first-order valence-corrected chi connectivity index (χ1v) is 7.73. The lowest BCUT2D eigenvalue weighted by Crippen LogP contribution is -1.97. The first-order chi connectivity index (χ1) is 9.29. The third kappa shape index (κ3) is 6.00. The lowest BCUT2D eigenvalue weighted by atomic mass is 10.0. The number of aromatic hydroxyl groups is 1. The van der Waals surface area contributed by atoms with Gasteiger partial charge in [0.1, 0.15) is 0 Å². The molecule has 19 heavy (non-hydrogen) atoms. The van der Waals surface area contributed by atoms with E-state index in [0.29, 0.717) is 18.1 Å². The molecule has 0 fully saturated rings. The van der Waals surface area contributed by atoms with E-state index in [1.165, 1.54) is 32.1 Å². The van der Waals surface area contributed by atoms with Gasteiger partial charge in [-0.25, -0.2) is 0 Å². The normalized spacial score (nSPS) is 10.6. The number of rotatable bonds is 10. The van der Waals surface area contributed by atoms with E-state index < -0.39 is 0 Å². The second-order valence-electron chi connectivity index (χ2n) is 5.13. The van der Waals surface area contributed by atoms with Crippen LogP contribution in [0.25, 0.3) is 0 Å². The van der Waals surface area contributed by atoms with Gasteiger partial charge in [0, 0.05) is 0 Å². The van der Waals surface area contributed by atoms with Crippen molar-refractivity contribution in [1.29, 1.82) is 0 Å². The van der Waals surface area contributed by atoms with Crippen molar-refractivity contribution in [3.05, 3.63) is 23.8 Å². The van der Waals surface area contributed by atoms with Crippen molar-refractivity contribution >= 4 is 0 Å². The van der Waals surface area contributed by atoms with Crippen molar-refractivity contribution in [3.8, 4) is 11.5 Å². The number of phenolic OH excluding ortho intramolecular Hbond substituents is 1. The summed E-state index contributed by atoms with van der Waals surface area (Å²) in [7, 11) is 0. The van der Waals surface area contributed by atoms with Crippen molar-refractivity contribution in [2.45, 2.75) is 65.2 Å². The Balaban J connectivity index is 2.36. The summed E-state index contributed by atoms with van der Waals surface area (Å²) < 4.78 is 5.54. The summed E-state index contributed by atoms with van der Waals surface area (Å²) in [5.41, 5.74) is 1.02. The minimum atomic E-state index is 0.338. The molecule has 2 nitrogen and oxygen atoms in total. The first kappa shape index (κ1) is 15.9. The quantitative estimate of drug-likeness (QED) is 0.597. The van der Waals surface area contributed by atoms with E-state index in [1.54, 1.807) is 0 Å². The van der Waals surface area contributed by atoms with Gasteiger partial charge >= 0.3 is 0 Å². The number of para-hydroxylation sites is 1. The van der Waals surface area contributed by atoms with Crippen LogP contribution >= 0.6 is 0 Å². The zero-order chi connectivity index (χ0) is 13.9. The summed E-state index contributed by atoms with van der Waals surface area (Å²) in [5, 5.41) is 10.1. The van der Waals surface area contributed by atoms with Gasteiger partial charge in [0.15, 0.2) is 11.5 Å². The van der Waals surface area contributed by atoms with Crippen molar-refractivity contribution in [2.24, 2.45) is 0 Å². The van der Waals surface area contributed by atoms with Crippen LogP contribution in [0.4, 0.5) is 0 Å². The van der Waals surface area contributed by atoms with Gasteiger partial charge in [-0.2, -0.15) is 0 Å². The topological polar surface area (TPSA) is 29.5 Å². The van der Waals surface area contributed by atoms with E-state index >= 15 is 0 Å². The van der Waals surface area contributed by atoms with Crippen LogP contribution in [0.1, 0.15) is 64.4 Å². The number of unbranched alkanes of at least 4 members (excludes halogenated alkanes) is 5. The molecule has 0 bridgehead atoms. The van der Waals surface area contributed by atoms with Crippen molar-refractivity contribution < 1.29 is 9.84 Å². The van der Waals surface area contributed by atoms with E-state index in [2.05, 4.69) is 13.8 Å². The molecule has 2 heteroatoms. The van der Waals surface area contributed by atoms with Crippen LogP contribution in [0.5, 0.6) is 11.5 Å². The van der Waals surface area contributed by atoms with Crippen molar-refractivity contribution in [3.63, 3.8) is 0 Å². The lowest BCUT2D eigenvalue weighted by molar-refractivity contribution is 0.298. The van der Waals surface area contributed by atoms with E-state index in [4.69, 9.17) is 4.74 Å². The predicted octanol–water partition coefficient (Wildman–Crippen LogP) is 5.08. The number of ether oxygens (including phenoxy) is 1. The summed E-state index contributed by atoms with van der Waals surface area (Å²) in [4.78, 5) is 0. The maximum Gasteiger partial charge on any atom is 0.161 e. The molecule has 1 aromatic carbocycles. The second-order valence-corrected chi connectivity index (χ2v) is 5.13. The van der Waals surface area contributed by atoms with Gasteiger partial charge in [0.05, 0.1) is 6.61 Å². The number of hydrogen-bond donors (Lipinski definition) is 1. The zero-order valence-corrected chi connectivity index (χ0v) is 12.5. The molecule has 0 atom stereocenters. The Bertz CT molecular complexity index is 347. The molecule has 0 aliphatic heterocycles. The zero-order valence-electron chi connectivity index (χ0n) is 12.5. The molecular weight excluding hydrogens is 236 g/mol. The Morgan fingerprint density at radius 1 is 0.947 bits per heavy atom. The van der Waals surface area contributed by atoms with Crippen LogP contribution in [0, 0.1) is 0 Å². The molecule has 0 spiro atoms. The Hall–Kier alpha value is -1.18. The summed E-state index contributed by atoms with van der Waals surface area (Å²) >= 11 is 0. The third-order valence-corrected chi connectivity index (χ3v) is 3.34. The van der Waals surface area contributed by atoms with Crippen LogP contribution in [0.15, 0.2) is 18.2 Å². The fourth-order valence-corrected chi connectivity index (χ4v) is 2.19. The molecule has 0 aliphatic rings. The molecule has 1 N–H and O–H groups in total. The van der Waals surface area contributed by atoms with Crippen molar-refractivity contribution in [1.82, 2.24) is 0 Å². The standard InChI is InChI=1S/C17H28O2/c1-3-5-6-7-8-9-11-15-12-10-13-16(17(15)18)19-14-4-2/h10,12-13,18H,3-9,11,14H2,1-2H3. The second kappa shape index (κ2) is 9.71. The average molecular weight is 264 g/mol. The predicted molar refractivity (Wildman–Crippen MR) is 81.0 cm³/mol. The molecule has 0 aliphatic carbocycles. The monoisotopic (exact) mass is 264 g/mol. The van der Waals surface area contributed by atoms with Gasteiger partial charge in [-0.3, -0.25) is 0 Å². The van der Waals surface area contributed by atoms with Gasteiger partial charge in [-0.15, -0.1) is 0 Å². The number of phenols is 1. The minimum absolute atomic E-state index is 0.338. The first-order valence-electron chi connectivity index (χ1n) is 7.73. The SMILES string of the molecule is CCCCCCCCc1cccc(OCCC)c1O. The molecule has 0 saturated carbocycles. The summed E-state index contributed by atoms with van der Waals surface area (Å²) in [6, 6.07) is 5.81. The van der Waals surface area contributed by atoms with Gasteiger partial charge in [0.2, 0.25) is 0 Å². The van der Waals surface area contributed by atoms with E-state index in [1.807, 2.05) is 18.2 Å². The highest BCUT2D eigenvalue weighted by Crippen LogP contribution is 2.31. The summed E-state index contributed by atoms with van der Waals surface area (Å²) in [6.45, 7) is 4.96. The average Bonchev–Trinajstić information content (AvgIpc) is 2.43. The highest BCUT2D eigenvalue weighted by atomic mass is 16.5. The van der Waals surface area contributed by atoms with Gasteiger partial charge in [0.25, 0.3) is 0 Å². The van der Waals surface area contributed by atoms with Crippen LogP contribution in [0.2, 0.25) is 0 Å². The Morgan fingerprint density at radius 2 is 1.68 bits per heavy atom. The highest BCUT2D eigenvalue weighted by Gasteiger charge is 2.07. The molecule has 0 heterocycles. The minimum Gasteiger partial charge on any atom is -0.504 e. The maximum absolute atomic E-state index is 10.1. The number of aryl methyl sites for hydroxylation is 1. The van der Waals surface area contributed by atoms with Crippen LogP contribution in [0.3, 0.4) is 0 Å².